The van der Waals surface area contributed by atoms with E-state index in [1.165, 1.54) is 64.5 Å². The fraction of sp³-hybridized carbons (Fsp3) is 0.909. The molecule has 0 bridgehead atoms. The molecule has 0 radical (unpaired) electrons. The summed E-state index contributed by atoms with van der Waals surface area (Å²) in [6.45, 7) is 6.02. The van der Waals surface area contributed by atoms with Gasteiger partial charge in [0.1, 0.15) is 6.10 Å². The van der Waals surface area contributed by atoms with Crippen molar-refractivity contribution in [2.75, 3.05) is 26.2 Å². The molecule has 0 aromatic rings. The number of carbonyl (C=O) groups excluding carboxylic acids is 1. The summed E-state index contributed by atoms with van der Waals surface area (Å²) in [6.07, 6.45) is 13.9. The number of likely N-dealkylation sites (tertiary alicyclic amines) is 1. The van der Waals surface area contributed by atoms with Crippen molar-refractivity contribution in [1.29, 1.82) is 0 Å². The van der Waals surface area contributed by atoms with Crippen LogP contribution in [0.1, 0.15) is 84.0 Å². The molecule has 6 nitrogen and oxygen atoms in total. The summed E-state index contributed by atoms with van der Waals surface area (Å²) in [6, 6.07) is 1.34. The largest absolute Gasteiger partial charge is 0.462 e. The van der Waals surface area contributed by atoms with Crippen molar-refractivity contribution in [3.8, 4) is 0 Å². The van der Waals surface area contributed by atoms with Gasteiger partial charge in [-0.25, -0.2) is 0 Å². The molecule has 2 N–H and O–H groups in total. The smallest absolute Gasteiger partial charge is 0.306 e. The predicted molar refractivity (Wildman–Crippen MR) is 114 cm³/mol. The molecule has 3 aliphatic rings. The minimum Gasteiger partial charge on any atom is -0.462 e. The van der Waals surface area contributed by atoms with Crippen molar-refractivity contribution in [2.24, 2.45) is 4.99 Å². The normalized spacial score (nSPS) is 23.2. The lowest BCUT2D eigenvalue weighted by atomic mass is 10.0. The van der Waals surface area contributed by atoms with E-state index in [4.69, 9.17) is 4.74 Å². The Balaban J connectivity index is 1.33. The third-order valence-corrected chi connectivity index (χ3v) is 6.46. The van der Waals surface area contributed by atoms with Crippen LogP contribution in [0.2, 0.25) is 0 Å². The predicted octanol–water partition coefficient (Wildman–Crippen LogP) is 3.21. The number of nitrogens with one attached hydrogen (secondary N) is 2. The first-order valence-corrected chi connectivity index (χ1v) is 11.7. The standard InChI is InChI=1S/C22H40N4O2/c1-2-23-22(24-15-7-12-21(27)28-20-10-5-6-11-20)25-18-13-16-26(17-14-18)19-8-3-4-9-19/h18-20H,2-17H2,1H3,(H2,23,24,25). The Labute approximate surface area is 170 Å². The highest BCUT2D eigenvalue weighted by molar-refractivity contribution is 5.80. The first-order valence-electron chi connectivity index (χ1n) is 11.7. The Morgan fingerprint density at radius 3 is 2.39 bits per heavy atom. The van der Waals surface area contributed by atoms with Crippen LogP contribution in [0, 0.1) is 0 Å². The molecule has 1 saturated heterocycles. The summed E-state index contributed by atoms with van der Waals surface area (Å²) in [7, 11) is 0. The zero-order chi connectivity index (χ0) is 19.6. The molecule has 1 aliphatic heterocycles. The molecule has 2 aliphatic carbocycles. The summed E-state index contributed by atoms with van der Waals surface area (Å²) in [4.78, 5) is 19.3. The number of ether oxygens (including phenoxy) is 1. The third kappa shape index (κ3) is 6.94. The van der Waals surface area contributed by atoms with E-state index in [-0.39, 0.29) is 12.1 Å². The average Bonchev–Trinajstić information content (AvgIpc) is 3.40. The van der Waals surface area contributed by atoms with Crippen LogP contribution in [0.4, 0.5) is 0 Å². The summed E-state index contributed by atoms with van der Waals surface area (Å²) in [5, 5.41) is 6.96. The van der Waals surface area contributed by atoms with Crippen molar-refractivity contribution < 1.29 is 9.53 Å². The van der Waals surface area contributed by atoms with Crippen LogP contribution < -0.4 is 10.6 Å². The Bertz CT molecular complexity index is 491. The number of esters is 1. The van der Waals surface area contributed by atoms with Crippen LogP contribution in [-0.2, 0) is 9.53 Å². The van der Waals surface area contributed by atoms with Crippen molar-refractivity contribution in [3.05, 3.63) is 0 Å². The highest BCUT2D eigenvalue weighted by atomic mass is 16.5. The fourth-order valence-electron chi connectivity index (χ4n) is 4.86. The van der Waals surface area contributed by atoms with E-state index in [1.54, 1.807) is 0 Å². The van der Waals surface area contributed by atoms with Crippen LogP contribution in [0.25, 0.3) is 0 Å². The number of guanidine groups is 1. The van der Waals surface area contributed by atoms with E-state index in [1.807, 2.05) is 0 Å². The van der Waals surface area contributed by atoms with E-state index in [0.717, 1.165) is 37.8 Å². The van der Waals surface area contributed by atoms with Crippen LogP contribution in [0.5, 0.6) is 0 Å². The second-order valence-electron chi connectivity index (χ2n) is 8.65. The van der Waals surface area contributed by atoms with Gasteiger partial charge < -0.3 is 20.3 Å². The maximum atomic E-state index is 11.9. The molecular weight excluding hydrogens is 352 g/mol. The van der Waals surface area contributed by atoms with E-state index in [9.17, 15) is 4.79 Å². The fourth-order valence-corrected chi connectivity index (χ4v) is 4.86. The second kappa shape index (κ2) is 11.6. The Morgan fingerprint density at radius 1 is 1.04 bits per heavy atom. The van der Waals surface area contributed by atoms with Gasteiger partial charge in [-0.1, -0.05) is 12.8 Å². The highest BCUT2D eigenvalue weighted by Crippen LogP contribution is 2.26. The Hall–Kier alpha value is -1.30. The summed E-state index contributed by atoms with van der Waals surface area (Å²) in [5.74, 6) is 0.838. The molecule has 3 rings (SSSR count). The van der Waals surface area contributed by atoms with Gasteiger partial charge in [0, 0.05) is 44.7 Å². The van der Waals surface area contributed by atoms with Gasteiger partial charge in [-0.2, -0.15) is 0 Å². The van der Waals surface area contributed by atoms with Crippen LogP contribution >= 0.6 is 0 Å². The van der Waals surface area contributed by atoms with Crippen molar-refractivity contribution >= 4 is 11.9 Å². The van der Waals surface area contributed by atoms with Gasteiger partial charge in [0.25, 0.3) is 0 Å². The van der Waals surface area contributed by atoms with E-state index >= 15 is 0 Å². The molecule has 2 saturated carbocycles. The minimum absolute atomic E-state index is 0.0562. The zero-order valence-corrected chi connectivity index (χ0v) is 17.8. The molecular formula is C22H40N4O2. The van der Waals surface area contributed by atoms with E-state index in [0.29, 0.717) is 19.0 Å². The molecule has 0 atom stereocenters. The van der Waals surface area contributed by atoms with Gasteiger partial charge in [-0.3, -0.25) is 9.79 Å². The van der Waals surface area contributed by atoms with Crippen LogP contribution in [0.3, 0.4) is 0 Å². The number of hydrogen-bond acceptors (Lipinski definition) is 4. The van der Waals surface area contributed by atoms with Crippen molar-refractivity contribution in [2.45, 2.75) is 102 Å². The number of rotatable bonds is 8. The van der Waals surface area contributed by atoms with Crippen LogP contribution in [-0.4, -0.2) is 61.2 Å². The molecule has 160 valence electrons. The second-order valence-corrected chi connectivity index (χ2v) is 8.65. The quantitative estimate of drug-likeness (QED) is 0.287. The molecule has 0 spiro atoms. The van der Waals surface area contributed by atoms with Crippen molar-refractivity contribution in [3.63, 3.8) is 0 Å². The molecule has 6 heteroatoms. The minimum atomic E-state index is -0.0562. The van der Waals surface area contributed by atoms with Gasteiger partial charge in [0.2, 0.25) is 0 Å². The van der Waals surface area contributed by atoms with Crippen molar-refractivity contribution in [1.82, 2.24) is 15.5 Å². The summed E-state index contributed by atoms with van der Waals surface area (Å²) < 4.78 is 5.52. The molecule has 3 fully saturated rings. The third-order valence-electron chi connectivity index (χ3n) is 6.46. The lowest BCUT2D eigenvalue weighted by Gasteiger charge is -2.36. The maximum Gasteiger partial charge on any atom is 0.306 e. The lowest BCUT2D eigenvalue weighted by Crippen LogP contribution is -2.50. The van der Waals surface area contributed by atoms with Gasteiger partial charge in [-0.15, -0.1) is 0 Å². The number of hydrogen-bond donors (Lipinski definition) is 2. The summed E-state index contributed by atoms with van der Waals surface area (Å²) >= 11 is 0. The number of carbonyl (C=O) groups is 1. The highest BCUT2D eigenvalue weighted by Gasteiger charge is 2.27. The number of aliphatic imine (C=N–C) groups is 1. The first-order chi connectivity index (χ1) is 13.7. The van der Waals surface area contributed by atoms with E-state index in [2.05, 4.69) is 27.4 Å². The average molecular weight is 393 g/mol. The number of nitrogens with zero attached hydrogens (tertiary/aromatic N) is 2. The SMILES string of the molecule is CCNC(=NCCCC(=O)OC1CCCC1)NC1CCN(C2CCCC2)CC1. The Kier molecular flexibility index (Phi) is 8.90. The monoisotopic (exact) mass is 392 g/mol. The molecule has 0 aromatic heterocycles. The maximum absolute atomic E-state index is 11.9. The van der Waals surface area contributed by atoms with Gasteiger partial charge in [0.15, 0.2) is 5.96 Å². The van der Waals surface area contributed by atoms with Gasteiger partial charge in [-0.05, 0) is 64.7 Å². The van der Waals surface area contributed by atoms with Gasteiger partial charge in [0.05, 0.1) is 0 Å². The summed E-state index contributed by atoms with van der Waals surface area (Å²) in [5.41, 5.74) is 0. The lowest BCUT2D eigenvalue weighted by molar-refractivity contribution is -0.148. The van der Waals surface area contributed by atoms with Gasteiger partial charge >= 0.3 is 5.97 Å². The molecule has 28 heavy (non-hydrogen) atoms. The first kappa shape index (κ1) is 21.4. The van der Waals surface area contributed by atoms with E-state index < -0.39 is 0 Å². The van der Waals surface area contributed by atoms with Crippen LogP contribution in [0.15, 0.2) is 4.99 Å². The Morgan fingerprint density at radius 2 is 1.71 bits per heavy atom. The molecule has 0 amide bonds. The molecule has 0 aromatic carbocycles. The topological polar surface area (TPSA) is 66.0 Å². The molecule has 1 heterocycles. The molecule has 0 unspecified atom stereocenters. The number of piperidine rings is 1. The zero-order valence-electron chi connectivity index (χ0n) is 17.8.